The van der Waals surface area contributed by atoms with Crippen LogP contribution in [0.2, 0.25) is 0 Å². The van der Waals surface area contributed by atoms with E-state index in [0.29, 0.717) is 5.75 Å². The van der Waals surface area contributed by atoms with Crippen molar-refractivity contribution in [2.24, 2.45) is 0 Å². The van der Waals surface area contributed by atoms with E-state index in [1.165, 1.54) is 33.5 Å². The molecule has 8 heteroatoms. The predicted octanol–water partition coefficient (Wildman–Crippen LogP) is 2.02. The Morgan fingerprint density at radius 1 is 1.05 bits per heavy atom. The van der Waals surface area contributed by atoms with E-state index in [-0.39, 0.29) is 12.4 Å². The van der Waals surface area contributed by atoms with Gasteiger partial charge in [0.2, 0.25) is 0 Å². The van der Waals surface area contributed by atoms with Gasteiger partial charge in [-0.25, -0.2) is 9.36 Å². The first-order chi connectivity index (χ1) is 9.03. The molecule has 0 heterocycles. The summed E-state index contributed by atoms with van der Waals surface area (Å²) >= 11 is 0. The standard InChI is InChI=1S/C11H15O7P/c1-14-11(12)8-17-9-4-6-10(7-5-9)18-19(13,15-2)16-3/h4-7H,8H2,1-3H3. The maximum atomic E-state index is 11.7. The molecule has 7 nitrogen and oxygen atoms in total. The lowest BCUT2D eigenvalue weighted by Crippen LogP contribution is -2.12. The van der Waals surface area contributed by atoms with Gasteiger partial charge in [0.1, 0.15) is 11.5 Å². The van der Waals surface area contributed by atoms with Crippen LogP contribution in [0.5, 0.6) is 11.5 Å². The lowest BCUT2D eigenvalue weighted by Gasteiger charge is -2.14. The molecule has 106 valence electrons. The van der Waals surface area contributed by atoms with E-state index in [0.717, 1.165) is 0 Å². The van der Waals surface area contributed by atoms with E-state index in [1.807, 2.05) is 0 Å². The van der Waals surface area contributed by atoms with E-state index in [4.69, 9.17) is 9.26 Å². The largest absolute Gasteiger partial charge is 0.529 e. The maximum absolute atomic E-state index is 11.7. The van der Waals surface area contributed by atoms with E-state index in [1.54, 1.807) is 12.1 Å². The minimum Gasteiger partial charge on any atom is -0.482 e. The average Bonchev–Trinajstić information content (AvgIpc) is 2.46. The molecule has 0 unspecified atom stereocenters. The summed E-state index contributed by atoms with van der Waals surface area (Å²) in [6.07, 6.45) is 0. The van der Waals surface area contributed by atoms with Crippen LogP contribution in [-0.2, 0) is 23.1 Å². The van der Waals surface area contributed by atoms with E-state index < -0.39 is 13.8 Å². The number of hydrogen-bond acceptors (Lipinski definition) is 7. The number of phosphoric acid groups is 1. The second-order valence-electron chi connectivity index (χ2n) is 3.24. The van der Waals surface area contributed by atoms with Gasteiger partial charge >= 0.3 is 13.8 Å². The fraction of sp³-hybridized carbons (Fsp3) is 0.364. The van der Waals surface area contributed by atoms with Crippen LogP contribution in [0.4, 0.5) is 0 Å². The summed E-state index contributed by atoms with van der Waals surface area (Å²) in [4.78, 5) is 10.9. The number of rotatable bonds is 7. The van der Waals surface area contributed by atoms with Crippen LogP contribution < -0.4 is 9.26 Å². The summed E-state index contributed by atoms with van der Waals surface area (Å²) in [6, 6.07) is 6.12. The summed E-state index contributed by atoms with van der Waals surface area (Å²) in [5.74, 6) is 0.253. The van der Waals surface area contributed by atoms with Crippen molar-refractivity contribution >= 4 is 13.8 Å². The van der Waals surface area contributed by atoms with Crippen molar-refractivity contribution in [1.29, 1.82) is 0 Å². The van der Waals surface area contributed by atoms with Crippen molar-refractivity contribution in [1.82, 2.24) is 0 Å². The van der Waals surface area contributed by atoms with Gasteiger partial charge < -0.3 is 14.0 Å². The monoisotopic (exact) mass is 290 g/mol. The van der Waals surface area contributed by atoms with Crippen molar-refractivity contribution in [3.8, 4) is 11.5 Å². The zero-order valence-electron chi connectivity index (χ0n) is 10.8. The number of phosphoric ester groups is 1. The second-order valence-corrected chi connectivity index (χ2v) is 5.05. The maximum Gasteiger partial charge on any atom is 0.529 e. The van der Waals surface area contributed by atoms with Crippen LogP contribution in [0.1, 0.15) is 0 Å². The number of hydrogen-bond donors (Lipinski definition) is 0. The molecule has 0 amide bonds. The van der Waals surface area contributed by atoms with Gasteiger partial charge in [0.15, 0.2) is 6.61 Å². The number of ether oxygens (including phenoxy) is 2. The molecule has 0 saturated carbocycles. The molecule has 0 radical (unpaired) electrons. The Bertz CT molecular complexity index is 449. The van der Waals surface area contributed by atoms with E-state index in [9.17, 15) is 9.36 Å². The Kier molecular flexibility index (Phi) is 5.82. The third-order valence-corrected chi connectivity index (χ3v) is 3.40. The van der Waals surface area contributed by atoms with Crippen LogP contribution in [0.15, 0.2) is 24.3 Å². The third-order valence-electron chi connectivity index (χ3n) is 2.07. The number of carbonyl (C=O) groups excluding carboxylic acids is 1. The van der Waals surface area contributed by atoms with Crippen molar-refractivity contribution in [2.45, 2.75) is 0 Å². The van der Waals surface area contributed by atoms with Gasteiger partial charge in [-0.3, -0.25) is 9.05 Å². The second kappa shape index (κ2) is 7.13. The molecule has 0 saturated heterocycles. The summed E-state index contributed by atoms with van der Waals surface area (Å²) < 4.78 is 35.6. The Balaban J connectivity index is 2.61. The first-order valence-corrected chi connectivity index (χ1v) is 6.70. The SMILES string of the molecule is COC(=O)COc1ccc(OP(=O)(OC)OC)cc1. The highest BCUT2D eigenvalue weighted by molar-refractivity contribution is 7.48. The van der Waals surface area contributed by atoms with Crippen LogP contribution in [0.25, 0.3) is 0 Å². The molecular weight excluding hydrogens is 275 g/mol. The molecule has 0 atom stereocenters. The summed E-state index contributed by atoms with van der Waals surface area (Å²) in [5, 5.41) is 0. The molecule has 0 aliphatic heterocycles. The quantitative estimate of drug-likeness (QED) is 0.561. The lowest BCUT2D eigenvalue weighted by atomic mass is 10.3. The van der Waals surface area contributed by atoms with Crippen molar-refractivity contribution < 1.29 is 32.4 Å². The molecule has 19 heavy (non-hydrogen) atoms. The fourth-order valence-electron chi connectivity index (χ4n) is 1.08. The highest BCUT2D eigenvalue weighted by Crippen LogP contribution is 2.47. The molecule has 1 aromatic rings. The van der Waals surface area contributed by atoms with Gasteiger partial charge in [-0.05, 0) is 24.3 Å². The molecular formula is C11H15O7P. The van der Waals surface area contributed by atoms with Crippen molar-refractivity contribution in [3.63, 3.8) is 0 Å². The van der Waals surface area contributed by atoms with Crippen molar-refractivity contribution in [2.75, 3.05) is 27.9 Å². The summed E-state index contributed by atoms with van der Waals surface area (Å²) in [7, 11) is 0.145. The molecule has 0 aliphatic rings. The number of methoxy groups -OCH3 is 1. The topological polar surface area (TPSA) is 80.3 Å². The van der Waals surface area contributed by atoms with Gasteiger partial charge in [0.25, 0.3) is 0 Å². The Morgan fingerprint density at radius 3 is 2.05 bits per heavy atom. The highest BCUT2D eigenvalue weighted by atomic mass is 31.2. The van der Waals surface area contributed by atoms with Crippen LogP contribution in [0.3, 0.4) is 0 Å². The number of benzene rings is 1. The van der Waals surface area contributed by atoms with Crippen LogP contribution in [-0.4, -0.2) is 33.9 Å². The minimum absolute atomic E-state index is 0.189. The first kappa shape index (κ1) is 15.5. The normalized spacial score (nSPS) is 10.9. The number of carbonyl (C=O) groups is 1. The predicted molar refractivity (Wildman–Crippen MR) is 66.2 cm³/mol. The third kappa shape index (κ3) is 4.90. The Labute approximate surface area is 111 Å². The zero-order valence-corrected chi connectivity index (χ0v) is 11.7. The van der Waals surface area contributed by atoms with Gasteiger partial charge in [-0.2, -0.15) is 0 Å². The molecule has 0 aromatic heterocycles. The van der Waals surface area contributed by atoms with E-state index >= 15 is 0 Å². The Hall–Kier alpha value is -1.56. The highest BCUT2D eigenvalue weighted by Gasteiger charge is 2.24. The van der Waals surface area contributed by atoms with Gasteiger partial charge in [-0.15, -0.1) is 0 Å². The molecule has 0 aliphatic carbocycles. The Morgan fingerprint density at radius 2 is 1.58 bits per heavy atom. The van der Waals surface area contributed by atoms with Gasteiger partial charge in [0.05, 0.1) is 7.11 Å². The smallest absolute Gasteiger partial charge is 0.482 e. The molecule has 0 spiro atoms. The van der Waals surface area contributed by atoms with Gasteiger partial charge in [0, 0.05) is 14.2 Å². The molecule has 0 N–H and O–H groups in total. The molecule has 0 bridgehead atoms. The van der Waals surface area contributed by atoms with Crippen molar-refractivity contribution in [3.05, 3.63) is 24.3 Å². The first-order valence-electron chi connectivity index (χ1n) is 5.24. The minimum atomic E-state index is -3.57. The molecule has 0 fully saturated rings. The molecule has 1 aromatic carbocycles. The van der Waals surface area contributed by atoms with E-state index in [2.05, 4.69) is 13.8 Å². The zero-order chi connectivity index (χ0) is 14.3. The van der Waals surface area contributed by atoms with Crippen LogP contribution >= 0.6 is 7.82 Å². The lowest BCUT2D eigenvalue weighted by molar-refractivity contribution is -0.142. The average molecular weight is 290 g/mol. The summed E-state index contributed by atoms with van der Waals surface area (Å²) in [6.45, 7) is -0.189. The van der Waals surface area contributed by atoms with Gasteiger partial charge in [-0.1, -0.05) is 0 Å². The fourth-order valence-corrected chi connectivity index (χ4v) is 1.75. The number of esters is 1. The molecule has 1 rings (SSSR count). The summed E-state index contributed by atoms with van der Waals surface area (Å²) in [5.41, 5.74) is 0. The van der Waals surface area contributed by atoms with Crippen LogP contribution in [0, 0.1) is 0 Å².